The molecule has 0 spiro atoms. The van der Waals surface area contributed by atoms with Crippen molar-refractivity contribution in [3.63, 3.8) is 0 Å². The van der Waals surface area contributed by atoms with Crippen LogP contribution < -0.4 is 9.80 Å². The molecule has 1 aliphatic carbocycles. The zero-order valence-corrected chi connectivity index (χ0v) is 21.5. The largest absolute Gasteiger partial charge is 0.481 e. The smallest absolute Gasteiger partial charge is 0.308 e. The molecule has 9 heteroatoms. The molecule has 2 aromatic carbocycles. The van der Waals surface area contributed by atoms with Gasteiger partial charge < -0.3 is 14.9 Å². The summed E-state index contributed by atoms with van der Waals surface area (Å²) < 4.78 is 29.7. The number of sulfonamides is 1. The average Bonchev–Trinajstić information content (AvgIpc) is 3.33. The van der Waals surface area contributed by atoms with E-state index in [0.717, 1.165) is 31.4 Å². The maximum absolute atomic E-state index is 14.0. The van der Waals surface area contributed by atoms with Gasteiger partial charge in [0.15, 0.2) is 0 Å². The Morgan fingerprint density at radius 1 is 1.00 bits per heavy atom. The molecule has 7 nitrogen and oxygen atoms in total. The highest BCUT2D eigenvalue weighted by Gasteiger charge is 2.41. The first-order chi connectivity index (χ1) is 16.8. The number of para-hydroxylation sites is 1. The van der Waals surface area contributed by atoms with Crippen LogP contribution >= 0.6 is 11.6 Å². The van der Waals surface area contributed by atoms with E-state index in [4.69, 9.17) is 11.6 Å². The SMILES string of the molecule is CN1[C@H](C2CCCCC2)CN(c2ccccc2)c2cc(Cl)c(N3CC[C@H](C(=O)O)C3)cc2S1(=O)=O. The number of aliphatic carboxylic acids is 1. The van der Waals surface area contributed by atoms with E-state index in [9.17, 15) is 18.3 Å². The number of rotatable bonds is 4. The van der Waals surface area contributed by atoms with Gasteiger partial charge in [0.2, 0.25) is 10.0 Å². The minimum absolute atomic E-state index is 0.154. The second kappa shape index (κ2) is 9.64. The normalized spacial score (nSPS) is 25.3. The zero-order valence-electron chi connectivity index (χ0n) is 19.9. The van der Waals surface area contributed by atoms with Crippen LogP contribution in [0.25, 0.3) is 0 Å². The highest BCUT2D eigenvalue weighted by molar-refractivity contribution is 7.89. The summed E-state index contributed by atoms with van der Waals surface area (Å²) in [5.41, 5.74) is 2.08. The third-order valence-corrected chi connectivity index (χ3v) is 10.2. The lowest BCUT2D eigenvalue weighted by atomic mass is 9.83. The van der Waals surface area contributed by atoms with Gasteiger partial charge in [-0.15, -0.1) is 0 Å². The lowest BCUT2D eigenvalue weighted by Gasteiger charge is -2.36. The van der Waals surface area contributed by atoms with E-state index in [1.165, 1.54) is 6.42 Å². The summed E-state index contributed by atoms with van der Waals surface area (Å²) in [5, 5.41) is 9.87. The maximum Gasteiger partial charge on any atom is 0.308 e. The van der Waals surface area contributed by atoms with Gasteiger partial charge in [0.25, 0.3) is 0 Å². The Hall–Kier alpha value is -2.29. The number of anilines is 3. The third kappa shape index (κ3) is 4.52. The van der Waals surface area contributed by atoms with Crippen molar-refractivity contribution in [1.82, 2.24) is 4.31 Å². The molecule has 1 saturated heterocycles. The number of carboxylic acids is 1. The van der Waals surface area contributed by atoms with E-state index in [1.807, 2.05) is 35.2 Å². The molecule has 2 aliphatic heterocycles. The van der Waals surface area contributed by atoms with Crippen LogP contribution in [0, 0.1) is 11.8 Å². The fraction of sp³-hybridized carbons (Fsp3) is 0.500. The van der Waals surface area contributed by atoms with Gasteiger partial charge in [-0.2, -0.15) is 4.31 Å². The first kappa shape index (κ1) is 24.4. The molecule has 3 aliphatic rings. The predicted octanol–water partition coefficient (Wildman–Crippen LogP) is 4.97. The summed E-state index contributed by atoms with van der Waals surface area (Å²) in [6, 6.07) is 13.1. The van der Waals surface area contributed by atoms with Crippen LogP contribution in [0.1, 0.15) is 38.5 Å². The molecule has 2 fully saturated rings. The van der Waals surface area contributed by atoms with Gasteiger partial charge >= 0.3 is 5.97 Å². The number of fused-ring (bicyclic) bond motifs is 1. The highest BCUT2D eigenvalue weighted by atomic mass is 35.5. The lowest BCUT2D eigenvalue weighted by molar-refractivity contribution is -0.140. The Labute approximate surface area is 212 Å². The van der Waals surface area contributed by atoms with E-state index in [0.29, 0.717) is 48.4 Å². The Morgan fingerprint density at radius 2 is 1.71 bits per heavy atom. The summed E-state index contributed by atoms with van der Waals surface area (Å²) in [4.78, 5) is 15.7. The fourth-order valence-electron chi connectivity index (χ4n) is 5.92. The topological polar surface area (TPSA) is 81.2 Å². The molecule has 2 heterocycles. The molecule has 35 heavy (non-hydrogen) atoms. The van der Waals surface area contributed by atoms with Gasteiger partial charge in [-0.05, 0) is 49.4 Å². The molecular weight excluding hydrogens is 486 g/mol. The number of hydrogen-bond acceptors (Lipinski definition) is 5. The van der Waals surface area contributed by atoms with Gasteiger partial charge in [0, 0.05) is 38.4 Å². The zero-order chi connectivity index (χ0) is 24.7. The van der Waals surface area contributed by atoms with E-state index < -0.39 is 21.9 Å². The Balaban J connectivity index is 1.63. The first-order valence-electron chi connectivity index (χ1n) is 12.4. The minimum Gasteiger partial charge on any atom is -0.481 e. The first-order valence-corrected chi connectivity index (χ1v) is 14.2. The van der Waals surface area contributed by atoms with Crippen molar-refractivity contribution in [3.8, 4) is 0 Å². The van der Waals surface area contributed by atoms with Crippen molar-refractivity contribution in [1.29, 1.82) is 0 Å². The summed E-state index contributed by atoms with van der Waals surface area (Å²) >= 11 is 6.76. The standard InChI is InChI=1S/C26H32ClN3O4S/c1-28-24(18-8-4-2-5-9-18)17-30(20-10-6-3-7-11-20)23-14-21(27)22(15-25(23)35(28,33)34)29-13-12-19(16-29)26(31)32/h3,6-7,10-11,14-15,18-19,24H,2,4-5,8-9,12-13,16-17H2,1H3,(H,31,32)/t19-,24-/m0/s1. The second-order valence-corrected chi connectivity index (χ2v) is 12.3. The Kier molecular flexibility index (Phi) is 6.72. The number of benzene rings is 2. The fourth-order valence-corrected chi connectivity index (χ4v) is 7.80. The summed E-state index contributed by atoms with van der Waals surface area (Å²) in [5.74, 6) is -1.02. The molecule has 5 rings (SSSR count). The molecule has 1 saturated carbocycles. The lowest BCUT2D eigenvalue weighted by Crippen LogP contribution is -2.46. The molecular formula is C26H32ClN3O4S. The minimum atomic E-state index is -3.81. The van der Waals surface area contributed by atoms with Crippen molar-refractivity contribution in [2.75, 3.05) is 36.5 Å². The Bertz CT molecular complexity index is 1200. The molecule has 0 radical (unpaired) electrons. The van der Waals surface area contributed by atoms with Gasteiger partial charge in [-0.25, -0.2) is 8.42 Å². The monoisotopic (exact) mass is 517 g/mol. The molecule has 188 valence electrons. The molecule has 0 unspecified atom stereocenters. The molecule has 2 aromatic rings. The van der Waals surface area contributed by atoms with Crippen LogP contribution in [0.3, 0.4) is 0 Å². The van der Waals surface area contributed by atoms with Gasteiger partial charge in [-0.3, -0.25) is 4.79 Å². The van der Waals surface area contributed by atoms with Crippen molar-refractivity contribution in [3.05, 3.63) is 47.5 Å². The molecule has 0 aromatic heterocycles. The number of carbonyl (C=O) groups is 1. The van der Waals surface area contributed by atoms with Gasteiger partial charge in [0.05, 0.1) is 22.3 Å². The number of halogens is 1. The number of hydrogen-bond donors (Lipinski definition) is 1. The van der Waals surface area contributed by atoms with Crippen molar-refractivity contribution >= 4 is 44.7 Å². The summed E-state index contributed by atoms with van der Waals surface area (Å²) in [6.07, 6.45) is 6.02. The summed E-state index contributed by atoms with van der Waals surface area (Å²) in [6.45, 7) is 1.40. The van der Waals surface area contributed by atoms with E-state index in [1.54, 1.807) is 23.5 Å². The van der Waals surface area contributed by atoms with Crippen molar-refractivity contribution in [2.45, 2.75) is 49.5 Å². The van der Waals surface area contributed by atoms with Crippen LogP contribution in [0.15, 0.2) is 47.4 Å². The van der Waals surface area contributed by atoms with E-state index in [-0.39, 0.29) is 10.9 Å². The quantitative estimate of drug-likeness (QED) is 0.616. The molecule has 0 amide bonds. The molecule has 2 atom stereocenters. The van der Waals surface area contributed by atoms with Crippen LogP contribution in [0.2, 0.25) is 5.02 Å². The van der Waals surface area contributed by atoms with Gasteiger partial charge in [-0.1, -0.05) is 49.1 Å². The number of nitrogens with zero attached hydrogens (tertiary/aromatic N) is 3. The number of likely N-dealkylation sites (N-methyl/N-ethyl adjacent to an activating group) is 1. The highest BCUT2D eigenvalue weighted by Crippen LogP contribution is 2.45. The van der Waals surface area contributed by atoms with Crippen molar-refractivity contribution in [2.24, 2.45) is 11.8 Å². The summed E-state index contributed by atoms with van der Waals surface area (Å²) in [7, 11) is -2.10. The van der Waals surface area contributed by atoms with Crippen LogP contribution in [0.4, 0.5) is 17.1 Å². The third-order valence-electron chi connectivity index (χ3n) is 7.95. The average molecular weight is 518 g/mol. The van der Waals surface area contributed by atoms with Crippen molar-refractivity contribution < 1.29 is 18.3 Å². The van der Waals surface area contributed by atoms with E-state index in [2.05, 4.69) is 4.90 Å². The molecule has 1 N–H and O–H groups in total. The van der Waals surface area contributed by atoms with Gasteiger partial charge in [0.1, 0.15) is 4.90 Å². The molecule has 0 bridgehead atoms. The van der Waals surface area contributed by atoms with Crippen LogP contribution in [-0.4, -0.2) is 56.5 Å². The second-order valence-electron chi connectivity index (χ2n) is 9.97. The van der Waals surface area contributed by atoms with E-state index >= 15 is 0 Å². The van der Waals surface area contributed by atoms with Crippen LogP contribution in [0.5, 0.6) is 0 Å². The Morgan fingerprint density at radius 3 is 2.37 bits per heavy atom. The predicted molar refractivity (Wildman–Crippen MR) is 138 cm³/mol. The maximum atomic E-state index is 14.0. The number of carboxylic acid groups (broad SMARTS) is 1. The van der Waals surface area contributed by atoms with Crippen LogP contribution in [-0.2, 0) is 14.8 Å².